The van der Waals surface area contributed by atoms with E-state index in [1.807, 2.05) is 25.3 Å². The van der Waals surface area contributed by atoms with Crippen LogP contribution in [0.15, 0.2) is 18.3 Å². The van der Waals surface area contributed by atoms with Crippen LogP contribution in [0.2, 0.25) is 0 Å². The van der Waals surface area contributed by atoms with Crippen molar-refractivity contribution >= 4 is 0 Å². The van der Waals surface area contributed by atoms with Gasteiger partial charge in [0.15, 0.2) is 0 Å². The Kier molecular flexibility index (Phi) is 2.33. The minimum Gasteiger partial charge on any atom is -0.376 e. The van der Waals surface area contributed by atoms with Gasteiger partial charge in [-0.05, 0) is 19.1 Å². The summed E-state index contributed by atoms with van der Waals surface area (Å²) in [4.78, 5) is 3.05. The fourth-order valence-electron chi connectivity index (χ4n) is 0.669. The lowest BCUT2D eigenvalue weighted by Crippen LogP contribution is -1.90. The number of hydrogen-bond acceptors (Lipinski definition) is 1. The number of aromatic amines is 1. The summed E-state index contributed by atoms with van der Waals surface area (Å²) in [6.07, 6.45) is 1.90. The molecule has 0 aliphatic heterocycles. The number of ether oxygens (including phenoxy) is 1. The number of H-pyrrole nitrogens is 1. The Morgan fingerprint density at radius 2 is 2.56 bits per heavy atom. The molecule has 0 unspecified atom stereocenters. The van der Waals surface area contributed by atoms with Crippen molar-refractivity contribution in [1.82, 2.24) is 4.98 Å². The van der Waals surface area contributed by atoms with Crippen molar-refractivity contribution in [3.05, 3.63) is 24.0 Å². The summed E-state index contributed by atoms with van der Waals surface area (Å²) in [5.74, 6) is 0. The maximum absolute atomic E-state index is 5.15. The maximum atomic E-state index is 5.15. The normalized spacial score (nSPS) is 9.89. The molecule has 50 valence electrons. The van der Waals surface area contributed by atoms with E-state index >= 15 is 0 Å². The lowest BCUT2D eigenvalue weighted by Gasteiger charge is -1.95. The third kappa shape index (κ3) is 1.90. The van der Waals surface area contributed by atoms with Gasteiger partial charge in [0.1, 0.15) is 0 Å². The van der Waals surface area contributed by atoms with Gasteiger partial charge in [-0.25, -0.2) is 0 Å². The largest absolute Gasteiger partial charge is 0.376 e. The van der Waals surface area contributed by atoms with Crippen LogP contribution < -0.4 is 0 Å². The predicted octanol–water partition coefficient (Wildman–Crippen LogP) is 1.55. The molecule has 0 aromatic carbocycles. The molecule has 0 bridgehead atoms. The van der Waals surface area contributed by atoms with Crippen molar-refractivity contribution in [1.29, 1.82) is 0 Å². The number of aromatic nitrogens is 1. The van der Waals surface area contributed by atoms with Gasteiger partial charge in [0.05, 0.1) is 6.61 Å². The Morgan fingerprint density at radius 3 is 3.11 bits per heavy atom. The van der Waals surface area contributed by atoms with Crippen molar-refractivity contribution in [3.63, 3.8) is 0 Å². The first kappa shape index (κ1) is 6.36. The van der Waals surface area contributed by atoms with Crippen LogP contribution in [-0.4, -0.2) is 11.6 Å². The SMILES string of the molecule is CCOCc1ccc[nH]1. The monoisotopic (exact) mass is 125 g/mol. The van der Waals surface area contributed by atoms with E-state index in [1.54, 1.807) is 0 Å². The zero-order valence-corrected chi connectivity index (χ0v) is 5.55. The minimum absolute atomic E-state index is 0.698. The van der Waals surface area contributed by atoms with Gasteiger partial charge < -0.3 is 9.72 Å². The van der Waals surface area contributed by atoms with E-state index in [1.165, 1.54) is 0 Å². The Bertz CT molecular complexity index is 146. The van der Waals surface area contributed by atoms with E-state index in [0.29, 0.717) is 6.61 Å². The van der Waals surface area contributed by atoms with Crippen molar-refractivity contribution in [3.8, 4) is 0 Å². The van der Waals surface area contributed by atoms with Crippen LogP contribution in [0.3, 0.4) is 0 Å². The molecule has 0 aliphatic carbocycles. The Balaban J connectivity index is 2.30. The topological polar surface area (TPSA) is 25.0 Å². The van der Waals surface area contributed by atoms with Gasteiger partial charge in [0.25, 0.3) is 0 Å². The van der Waals surface area contributed by atoms with E-state index in [4.69, 9.17) is 4.74 Å². The van der Waals surface area contributed by atoms with Crippen LogP contribution >= 0.6 is 0 Å². The minimum atomic E-state index is 0.698. The van der Waals surface area contributed by atoms with E-state index < -0.39 is 0 Å². The molecule has 2 heteroatoms. The highest BCUT2D eigenvalue weighted by Gasteiger charge is 1.88. The molecule has 1 rings (SSSR count). The molecule has 0 radical (unpaired) electrons. The highest BCUT2D eigenvalue weighted by Crippen LogP contribution is 1.95. The second kappa shape index (κ2) is 3.30. The second-order valence-corrected chi connectivity index (χ2v) is 1.83. The van der Waals surface area contributed by atoms with Crippen LogP contribution in [0, 0.1) is 0 Å². The molecule has 1 heterocycles. The highest BCUT2D eigenvalue weighted by atomic mass is 16.5. The second-order valence-electron chi connectivity index (χ2n) is 1.83. The molecule has 0 amide bonds. The average Bonchev–Trinajstić information content (AvgIpc) is 2.34. The van der Waals surface area contributed by atoms with Gasteiger partial charge in [0, 0.05) is 18.5 Å². The standard InChI is InChI=1S/C7H11NO/c1-2-9-6-7-4-3-5-8-7/h3-5,8H,2,6H2,1H3. The lowest BCUT2D eigenvalue weighted by molar-refractivity contribution is 0.131. The van der Waals surface area contributed by atoms with E-state index in [9.17, 15) is 0 Å². The van der Waals surface area contributed by atoms with Gasteiger partial charge in [0.2, 0.25) is 0 Å². The fourth-order valence-corrected chi connectivity index (χ4v) is 0.669. The summed E-state index contributed by atoms with van der Waals surface area (Å²) in [6, 6.07) is 3.98. The highest BCUT2D eigenvalue weighted by molar-refractivity contribution is 5.01. The molecule has 1 aromatic rings. The van der Waals surface area contributed by atoms with Crippen LogP contribution in [0.4, 0.5) is 0 Å². The smallest absolute Gasteiger partial charge is 0.0865 e. The van der Waals surface area contributed by atoms with Crippen LogP contribution in [-0.2, 0) is 11.3 Å². The number of rotatable bonds is 3. The number of hydrogen-bond donors (Lipinski definition) is 1. The van der Waals surface area contributed by atoms with Crippen LogP contribution in [0.1, 0.15) is 12.6 Å². The molecular formula is C7H11NO. The van der Waals surface area contributed by atoms with E-state index in [2.05, 4.69) is 4.98 Å². The summed E-state index contributed by atoms with van der Waals surface area (Å²) in [5.41, 5.74) is 1.14. The molecule has 0 aliphatic rings. The van der Waals surface area contributed by atoms with E-state index in [0.717, 1.165) is 12.3 Å². The fraction of sp³-hybridized carbons (Fsp3) is 0.429. The van der Waals surface area contributed by atoms with Crippen LogP contribution in [0.25, 0.3) is 0 Å². The molecule has 0 saturated carbocycles. The molecule has 0 atom stereocenters. The van der Waals surface area contributed by atoms with E-state index in [-0.39, 0.29) is 0 Å². The molecule has 9 heavy (non-hydrogen) atoms. The lowest BCUT2D eigenvalue weighted by atomic mass is 10.5. The molecule has 0 saturated heterocycles. The summed E-state index contributed by atoms with van der Waals surface area (Å²) >= 11 is 0. The molecule has 0 spiro atoms. The van der Waals surface area contributed by atoms with Crippen molar-refractivity contribution in [2.24, 2.45) is 0 Å². The molecule has 0 fully saturated rings. The summed E-state index contributed by atoms with van der Waals surface area (Å²) in [5, 5.41) is 0. The first-order valence-corrected chi connectivity index (χ1v) is 3.13. The third-order valence-corrected chi connectivity index (χ3v) is 1.12. The van der Waals surface area contributed by atoms with Gasteiger partial charge in [-0.15, -0.1) is 0 Å². The third-order valence-electron chi connectivity index (χ3n) is 1.12. The Labute approximate surface area is 54.8 Å². The molecule has 2 nitrogen and oxygen atoms in total. The summed E-state index contributed by atoms with van der Waals surface area (Å²) in [6.45, 7) is 3.46. The first-order valence-electron chi connectivity index (χ1n) is 3.13. The molecule has 1 N–H and O–H groups in total. The summed E-state index contributed by atoms with van der Waals surface area (Å²) in [7, 11) is 0. The van der Waals surface area contributed by atoms with Crippen molar-refractivity contribution in [2.45, 2.75) is 13.5 Å². The molecule has 1 aromatic heterocycles. The Hall–Kier alpha value is -0.760. The number of nitrogens with one attached hydrogen (secondary N) is 1. The van der Waals surface area contributed by atoms with Gasteiger partial charge in [-0.2, -0.15) is 0 Å². The predicted molar refractivity (Wildman–Crippen MR) is 36.1 cm³/mol. The van der Waals surface area contributed by atoms with Gasteiger partial charge >= 0.3 is 0 Å². The summed E-state index contributed by atoms with van der Waals surface area (Å²) < 4.78 is 5.15. The average molecular weight is 125 g/mol. The maximum Gasteiger partial charge on any atom is 0.0865 e. The van der Waals surface area contributed by atoms with Gasteiger partial charge in [-0.1, -0.05) is 0 Å². The molecular weight excluding hydrogens is 114 g/mol. The van der Waals surface area contributed by atoms with Crippen LogP contribution in [0.5, 0.6) is 0 Å². The van der Waals surface area contributed by atoms with Crippen molar-refractivity contribution in [2.75, 3.05) is 6.61 Å². The van der Waals surface area contributed by atoms with Gasteiger partial charge in [-0.3, -0.25) is 0 Å². The zero-order chi connectivity index (χ0) is 6.53. The zero-order valence-electron chi connectivity index (χ0n) is 5.55. The van der Waals surface area contributed by atoms with Crippen molar-refractivity contribution < 1.29 is 4.74 Å². The first-order chi connectivity index (χ1) is 4.43. The quantitative estimate of drug-likeness (QED) is 0.651. The Morgan fingerprint density at radius 1 is 1.67 bits per heavy atom.